The number of benzene rings is 1. The van der Waals surface area contributed by atoms with Crippen molar-refractivity contribution >= 4 is 37.4 Å². The summed E-state index contributed by atoms with van der Waals surface area (Å²) in [7, 11) is -2.88. The summed E-state index contributed by atoms with van der Waals surface area (Å²) in [6, 6.07) is 8.37. The molecule has 6 nitrogen and oxygen atoms in total. The number of nitrogens with zero attached hydrogens (tertiary/aromatic N) is 2. The van der Waals surface area contributed by atoms with Crippen molar-refractivity contribution < 1.29 is 8.42 Å². The van der Waals surface area contributed by atoms with E-state index in [0.29, 0.717) is 12.3 Å². The van der Waals surface area contributed by atoms with Gasteiger partial charge >= 0.3 is 0 Å². The number of guanidine groups is 1. The van der Waals surface area contributed by atoms with E-state index in [2.05, 4.69) is 49.7 Å². The Morgan fingerprint density at radius 2 is 2.23 bits per heavy atom. The normalized spacial score (nSPS) is 25.5. The van der Waals surface area contributed by atoms with Gasteiger partial charge in [0.2, 0.25) is 0 Å². The second-order valence-electron chi connectivity index (χ2n) is 7.04. The van der Waals surface area contributed by atoms with Gasteiger partial charge in [0, 0.05) is 42.4 Å². The van der Waals surface area contributed by atoms with Crippen molar-refractivity contribution in [3.05, 3.63) is 28.7 Å². The molecule has 0 radical (unpaired) electrons. The molecule has 0 aliphatic carbocycles. The van der Waals surface area contributed by atoms with Crippen molar-refractivity contribution in [1.29, 1.82) is 0 Å². The quantitative estimate of drug-likeness (QED) is 0.538. The molecule has 2 atom stereocenters. The lowest BCUT2D eigenvalue weighted by atomic mass is 10.1. The van der Waals surface area contributed by atoms with Crippen LogP contribution in [0.5, 0.6) is 0 Å². The predicted octanol–water partition coefficient (Wildman–Crippen LogP) is 2.02. The highest BCUT2D eigenvalue weighted by molar-refractivity contribution is 9.10. The number of rotatable bonds is 5. The first-order valence-corrected chi connectivity index (χ1v) is 11.8. The maximum Gasteiger partial charge on any atom is 0.191 e. The van der Waals surface area contributed by atoms with Crippen LogP contribution in [0.3, 0.4) is 0 Å². The molecule has 2 fully saturated rings. The van der Waals surface area contributed by atoms with E-state index in [1.807, 2.05) is 13.0 Å². The molecule has 2 aliphatic rings. The van der Waals surface area contributed by atoms with Crippen molar-refractivity contribution in [2.45, 2.75) is 25.8 Å². The molecular formula is C18H27BrN4O2S. The van der Waals surface area contributed by atoms with Gasteiger partial charge in [0.1, 0.15) is 0 Å². The summed E-state index contributed by atoms with van der Waals surface area (Å²) < 4.78 is 24.4. The zero-order chi connectivity index (χ0) is 18.6. The minimum Gasteiger partial charge on any atom is -0.371 e. The summed E-state index contributed by atoms with van der Waals surface area (Å²) in [6.45, 7) is 5.57. The number of hydrogen-bond donors (Lipinski definition) is 2. The van der Waals surface area contributed by atoms with Gasteiger partial charge in [0.05, 0.1) is 11.5 Å². The molecule has 3 rings (SSSR count). The average Bonchev–Trinajstić information content (AvgIpc) is 3.19. The Hall–Kier alpha value is -1.28. The maximum absolute atomic E-state index is 11.6. The second kappa shape index (κ2) is 8.61. The molecule has 2 N–H and O–H groups in total. The molecule has 2 aliphatic heterocycles. The van der Waals surface area contributed by atoms with Crippen LogP contribution in [-0.4, -0.2) is 58.1 Å². The third-order valence-corrected chi connectivity index (χ3v) is 7.15. The van der Waals surface area contributed by atoms with Crippen LogP contribution in [0.15, 0.2) is 33.7 Å². The van der Waals surface area contributed by atoms with Crippen molar-refractivity contribution in [3.8, 4) is 0 Å². The Morgan fingerprint density at radius 1 is 1.38 bits per heavy atom. The van der Waals surface area contributed by atoms with E-state index in [0.717, 1.165) is 43.0 Å². The fourth-order valence-corrected chi connectivity index (χ4v) is 5.59. The van der Waals surface area contributed by atoms with E-state index >= 15 is 0 Å². The third kappa shape index (κ3) is 5.36. The number of hydrogen-bond acceptors (Lipinski definition) is 4. The van der Waals surface area contributed by atoms with Gasteiger partial charge < -0.3 is 15.5 Å². The van der Waals surface area contributed by atoms with E-state index in [4.69, 9.17) is 4.99 Å². The molecule has 0 bridgehead atoms. The fourth-order valence-electron chi connectivity index (χ4n) is 3.53. The van der Waals surface area contributed by atoms with Crippen LogP contribution in [0.25, 0.3) is 0 Å². The van der Waals surface area contributed by atoms with Gasteiger partial charge in [0.25, 0.3) is 0 Å². The van der Waals surface area contributed by atoms with Crippen molar-refractivity contribution in [3.63, 3.8) is 0 Å². The molecule has 2 unspecified atom stereocenters. The minimum absolute atomic E-state index is 0.0282. The molecule has 0 aromatic heterocycles. The molecule has 144 valence electrons. The fraction of sp³-hybridized carbons (Fsp3) is 0.611. The number of nitrogens with one attached hydrogen (secondary N) is 2. The Labute approximate surface area is 164 Å². The summed E-state index contributed by atoms with van der Waals surface area (Å²) in [4.78, 5) is 7.11. The van der Waals surface area contributed by atoms with Crippen LogP contribution < -0.4 is 15.5 Å². The van der Waals surface area contributed by atoms with Gasteiger partial charge in [0.15, 0.2) is 15.8 Å². The van der Waals surface area contributed by atoms with Gasteiger partial charge in [-0.15, -0.1) is 0 Å². The van der Waals surface area contributed by atoms with E-state index in [9.17, 15) is 8.42 Å². The first-order chi connectivity index (χ1) is 12.4. The second-order valence-corrected chi connectivity index (χ2v) is 10.2. The Kier molecular flexibility index (Phi) is 6.45. The van der Waals surface area contributed by atoms with E-state index in [-0.39, 0.29) is 17.5 Å². The summed E-state index contributed by atoms with van der Waals surface area (Å²) in [5, 5.41) is 6.52. The van der Waals surface area contributed by atoms with Crippen molar-refractivity contribution in [2.75, 3.05) is 42.6 Å². The molecule has 1 aromatic rings. The average molecular weight is 443 g/mol. The zero-order valence-electron chi connectivity index (χ0n) is 15.1. The molecule has 8 heteroatoms. The third-order valence-electron chi connectivity index (χ3n) is 4.88. The van der Waals surface area contributed by atoms with Gasteiger partial charge in [-0.25, -0.2) is 8.42 Å². The summed E-state index contributed by atoms with van der Waals surface area (Å²) >= 11 is 3.53. The zero-order valence-corrected chi connectivity index (χ0v) is 17.5. The highest BCUT2D eigenvalue weighted by atomic mass is 79.9. The standard InChI is InChI=1S/C18H27BrN4O2S/c1-2-20-18(22-16-7-9-26(24,25)13-16)21-11-14-6-8-23(12-14)17-5-3-4-15(19)10-17/h3-5,10,14,16H,2,6-9,11-13H2,1H3,(H2,20,21,22). The number of anilines is 1. The lowest BCUT2D eigenvalue weighted by Crippen LogP contribution is -2.44. The van der Waals surface area contributed by atoms with Crippen LogP contribution in [0.4, 0.5) is 5.69 Å². The summed E-state index contributed by atoms with van der Waals surface area (Å²) in [5.74, 6) is 1.72. The molecule has 2 saturated heterocycles. The number of sulfone groups is 1. The summed E-state index contributed by atoms with van der Waals surface area (Å²) in [6.07, 6.45) is 1.78. The van der Waals surface area contributed by atoms with Crippen LogP contribution in [-0.2, 0) is 9.84 Å². The van der Waals surface area contributed by atoms with Crippen LogP contribution in [0.2, 0.25) is 0 Å². The lowest BCUT2D eigenvalue weighted by Gasteiger charge is -2.19. The largest absolute Gasteiger partial charge is 0.371 e. The monoisotopic (exact) mass is 442 g/mol. The molecule has 0 spiro atoms. The predicted molar refractivity (Wildman–Crippen MR) is 111 cm³/mol. The van der Waals surface area contributed by atoms with E-state index in [1.165, 1.54) is 5.69 Å². The van der Waals surface area contributed by atoms with Crippen molar-refractivity contribution in [1.82, 2.24) is 10.6 Å². The van der Waals surface area contributed by atoms with E-state index in [1.54, 1.807) is 0 Å². The molecule has 2 heterocycles. The molecule has 1 aromatic carbocycles. The summed E-state index contributed by atoms with van der Waals surface area (Å²) in [5.41, 5.74) is 1.24. The molecule has 0 saturated carbocycles. The van der Waals surface area contributed by atoms with Gasteiger partial charge in [-0.05, 0) is 43.9 Å². The topological polar surface area (TPSA) is 73.8 Å². The lowest BCUT2D eigenvalue weighted by molar-refractivity contribution is 0.590. The van der Waals surface area contributed by atoms with Crippen LogP contribution in [0, 0.1) is 5.92 Å². The molecular weight excluding hydrogens is 416 g/mol. The Balaban J connectivity index is 1.55. The Bertz CT molecular complexity index is 753. The smallest absolute Gasteiger partial charge is 0.191 e. The molecule has 0 amide bonds. The number of halogens is 1. The van der Waals surface area contributed by atoms with Crippen molar-refractivity contribution in [2.24, 2.45) is 10.9 Å². The minimum atomic E-state index is -2.88. The SMILES string of the molecule is CCNC(=NCC1CCN(c2cccc(Br)c2)C1)NC1CCS(=O)(=O)C1. The highest BCUT2D eigenvalue weighted by Crippen LogP contribution is 2.26. The van der Waals surface area contributed by atoms with E-state index < -0.39 is 9.84 Å². The van der Waals surface area contributed by atoms with Gasteiger partial charge in [-0.2, -0.15) is 0 Å². The first-order valence-electron chi connectivity index (χ1n) is 9.21. The Morgan fingerprint density at radius 3 is 2.92 bits per heavy atom. The molecule has 26 heavy (non-hydrogen) atoms. The highest BCUT2D eigenvalue weighted by Gasteiger charge is 2.28. The first kappa shape index (κ1) is 19.5. The number of aliphatic imine (C=N–C) groups is 1. The van der Waals surface area contributed by atoms with Gasteiger partial charge in [-0.3, -0.25) is 4.99 Å². The van der Waals surface area contributed by atoms with Gasteiger partial charge in [-0.1, -0.05) is 22.0 Å². The van der Waals surface area contributed by atoms with Crippen LogP contribution in [0.1, 0.15) is 19.8 Å². The van der Waals surface area contributed by atoms with Crippen LogP contribution >= 0.6 is 15.9 Å². The maximum atomic E-state index is 11.6.